The Kier molecular flexibility index (Phi) is 4.71. The maximum Gasteiger partial charge on any atom is 0.329 e. The molecule has 0 spiro atoms. The molecule has 0 bridgehead atoms. The third-order valence-electron chi connectivity index (χ3n) is 4.27. The van der Waals surface area contributed by atoms with Gasteiger partial charge in [-0.05, 0) is 43.4 Å². The Balaban J connectivity index is 2.27. The number of rotatable bonds is 3. The van der Waals surface area contributed by atoms with E-state index in [0.29, 0.717) is 24.3 Å². The molecule has 0 aliphatic heterocycles. The first kappa shape index (κ1) is 16.0. The maximum absolute atomic E-state index is 12.5. The molecule has 1 amide bonds. The Bertz CT molecular complexity index is 573. The van der Waals surface area contributed by atoms with Gasteiger partial charge in [0.25, 0.3) is 5.91 Å². The van der Waals surface area contributed by atoms with Gasteiger partial charge in [-0.3, -0.25) is 4.79 Å². The lowest BCUT2D eigenvalue weighted by Crippen LogP contribution is -2.56. The maximum atomic E-state index is 12.5. The molecule has 2 N–H and O–H groups in total. The number of carboxylic acid groups (broad SMARTS) is 1. The van der Waals surface area contributed by atoms with Crippen molar-refractivity contribution < 1.29 is 14.7 Å². The van der Waals surface area contributed by atoms with Crippen molar-refractivity contribution in [3.05, 3.63) is 33.8 Å². The van der Waals surface area contributed by atoms with Crippen LogP contribution in [0.5, 0.6) is 0 Å². The smallest absolute Gasteiger partial charge is 0.329 e. The number of carboxylic acids is 1. The van der Waals surface area contributed by atoms with Crippen molar-refractivity contribution in [2.45, 2.75) is 45.1 Å². The molecule has 1 aliphatic carbocycles. The topological polar surface area (TPSA) is 66.4 Å². The quantitative estimate of drug-likeness (QED) is 0.873. The standard InChI is InChI=1S/C16H20BrNO3/c1-10-5-4-8-16(9-10,15(20)21)18-14(19)12-6-3-7-13(17)11(12)2/h3,6-7,10H,4-5,8-9H2,1-2H3,(H,18,19)(H,20,21). The molecule has 2 unspecified atom stereocenters. The molecule has 114 valence electrons. The summed E-state index contributed by atoms with van der Waals surface area (Å²) in [5.74, 6) is -0.945. The summed E-state index contributed by atoms with van der Waals surface area (Å²) >= 11 is 3.40. The Morgan fingerprint density at radius 1 is 1.43 bits per heavy atom. The van der Waals surface area contributed by atoms with Crippen LogP contribution in [0.3, 0.4) is 0 Å². The summed E-state index contributed by atoms with van der Waals surface area (Å²) in [6.45, 7) is 3.88. The van der Waals surface area contributed by atoms with E-state index in [1.807, 2.05) is 19.9 Å². The Morgan fingerprint density at radius 3 is 2.76 bits per heavy atom. The number of nitrogens with one attached hydrogen (secondary N) is 1. The summed E-state index contributed by atoms with van der Waals surface area (Å²) < 4.78 is 0.844. The second-order valence-electron chi connectivity index (χ2n) is 5.96. The van der Waals surface area contributed by atoms with Gasteiger partial charge >= 0.3 is 5.97 Å². The average Bonchev–Trinajstić information content (AvgIpc) is 2.41. The first-order valence-electron chi connectivity index (χ1n) is 7.17. The van der Waals surface area contributed by atoms with Gasteiger partial charge < -0.3 is 10.4 Å². The van der Waals surface area contributed by atoms with E-state index in [-0.39, 0.29) is 5.91 Å². The summed E-state index contributed by atoms with van der Waals surface area (Å²) in [6, 6.07) is 5.36. The Morgan fingerprint density at radius 2 is 2.14 bits per heavy atom. The number of amides is 1. The van der Waals surface area contributed by atoms with E-state index in [2.05, 4.69) is 21.2 Å². The van der Waals surface area contributed by atoms with E-state index in [9.17, 15) is 14.7 Å². The van der Waals surface area contributed by atoms with Crippen LogP contribution in [0, 0.1) is 12.8 Å². The van der Waals surface area contributed by atoms with Gasteiger partial charge in [-0.25, -0.2) is 4.79 Å². The highest BCUT2D eigenvalue weighted by atomic mass is 79.9. The fourth-order valence-corrected chi connectivity index (χ4v) is 3.42. The zero-order valence-corrected chi connectivity index (χ0v) is 13.9. The summed E-state index contributed by atoms with van der Waals surface area (Å²) in [5.41, 5.74) is 0.200. The second kappa shape index (κ2) is 6.18. The number of carbonyl (C=O) groups is 2. The van der Waals surface area contributed by atoms with Crippen LogP contribution in [0.2, 0.25) is 0 Å². The van der Waals surface area contributed by atoms with Gasteiger partial charge in [0.05, 0.1) is 0 Å². The van der Waals surface area contributed by atoms with E-state index in [0.717, 1.165) is 22.9 Å². The second-order valence-corrected chi connectivity index (χ2v) is 6.81. The third-order valence-corrected chi connectivity index (χ3v) is 5.13. The summed E-state index contributed by atoms with van der Waals surface area (Å²) in [5, 5.41) is 12.4. The summed E-state index contributed by atoms with van der Waals surface area (Å²) in [6.07, 6.45) is 2.82. The van der Waals surface area contributed by atoms with Crippen molar-refractivity contribution in [2.75, 3.05) is 0 Å². The van der Waals surface area contributed by atoms with Gasteiger partial charge in [0.2, 0.25) is 0 Å². The molecule has 4 nitrogen and oxygen atoms in total. The molecule has 1 aromatic carbocycles. The zero-order chi connectivity index (χ0) is 15.6. The number of benzene rings is 1. The lowest BCUT2D eigenvalue weighted by Gasteiger charge is -2.37. The van der Waals surface area contributed by atoms with Crippen molar-refractivity contribution in [3.8, 4) is 0 Å². The molecule has 1 aliphatic rings. The van der Waals surface area contributed by atoms with E-state index in [4.69, 9.17) is 0 Å². The number of aliphatic carboxylic acids is 1. The van der Waals surface area contributed by atoms with Crippen molar-refractivity contribution in [3.63, 3.8) is 0 Å². The summed E-state index contributed by atoms with van der Waals surface area (Å²) in [7, 11) is 0. The minimum absolute atomic E-state index is 0.304. The number of hydrogen-bond donors (Lipinski definition) is 2. The fourth-order valence-electron chi connectivity index (χ4n) is 3.05. The van der Waals surface area contributed by atoms with Crippen LogP contribution in [0.15, 0.2) is 22.7 Å². The molecule has 0 heterocycles. The van der Waals surface area contributed by atoms with Gasteiger partial charge in [0.1, 0.15) is 5.54 Å². The van der Waals surface area contributed by atoms with Crippen LogP contribution in [-0.2, 0) is 4.79 Å². The molecule has 2 rings (SSSR count). The molecule has 1 fully saturated rings. The molecule has 21 heavy (non-hydrogen) atoms. The van der Waals surface area contributed by atoms with Gasteiger partial charge in [-0.1, -0.05) is 41.8 Å². The molecule has 5 heteroatoms. The molecule has 0 saturated heterocycles. The zero-order valence-electron chi connectivity index (χ0n) is 12.3. The number of halogens is 1. The van der Waals surface area contributed by atoms with E-state index < -0.39 is 11.5 Å². The lowest BCUT2D eigenvalue weighted by molar-refractivity contribution is -0.146. The van der Waals surface area contributed by atoms with E-state index >= 15 is 0 Å². The molecule has 1 aromatic rings. The summed E-state index contributed by atoms with van der Waals surface area (Å²) in [4.78, 5) is 24.2. The molecule has 2 atom stereocenters. The van der Waals surface area contributed by atoms with Crippen LogP contribution in [-0.4, -0.2) is 22.5 Å². The average molecular weight is 354 g/mol. The van der Waals surface area contributed by atoms with Crippen molar-refractivity contribution >= 4 is 27.8 Å². The van der Waals surface area contributed by atoms with Gasteiger partial charge in [-0.2, -0.15) is 0 Å². The monoisotopic (exact) mass is 353 g/mol. The van der Waals surface area contributed by atoms with Crippen LogP contribution in [0.1, 0.15) is 48.5 Å². The number of hydrogen-bond acceptors (Lipinski definition) is 2. The fraction of sp³-hybridized carbons (Fsp3) is 0.500. The minimum Gasteiger partial charge on any atom is -0.480 e. The SMILES string of the molecule is Cc1c(Br)cccc1C(=O)NC1(C(=O)O)CCCC(C)C1. The highest BCUT2D eigenvalue weighted by Gasteiger charge is 2.43. The van der Waals surface area contributed by atoms with Crippen LogP contribution < -0.4 is 5.32 Å². The molecular weight excluding hydrogens is 334 g/mol. The Labute approximate surface area is 133 Å². The van der Waals surface area contributed by atoms with Crippen molar-refractivity contribution in [1.29, 1.82) is 0 Å². The van der Waals surface area contributed by atoms with Gasteiger partial charge in [0.15, 0.2) is 0 Å². The predicted molar refractivity (Wildman–Crippen MR) is 84.3 cm³/mol. The van der Waals surface area contributed by atoms with E-state index in [1.165, 1.54) is 0 Å². The first-order chi connectivity index (χ1) is 9.85. The third kappa shape index (κ3) is 3.28. The molecule has 0 radical (unpaired) electrons. The van der Waals surface area contributed by atoms with Crippen LogP contribution >= 0.6 is 15.9 Å². The van der Waals surface area contributed by atoms with Gasteiger partial charge in [0, 0.05) is 10.0 Å². The van der Waals surface area contributed by atoms with Crippen LogP contribution in [0.25, 0.3) is 0 Å². The van der Waals surface area contributed by atoms with E-state index in [1.54, 1.807) is 12.1 Å². The number of carbonyl (C=O) groups excluding carboxylic acids is 1. The minimum atomic E-state index is -1.14. The van der Waals surface area contributed by atoms with Crippen molar-refractivity contribution in [1.82, 2.24) is 5.32 Å². The molecule has 0 aromatic heterocycles. The van der Waals surface area contributed by atoms with Crippen molar-refractivity contribution in [2.24, 2.45) is 5.92 Å². The van der Waals surface area contributed by atoms with Gasteiger partial charge in [-0.15, -0.1) is 0 Å². The predicted octanol–water partition coefficient (Wildman–Crippen LogP) is 3.52. The van der Waals surface area contributed by atoms with Crippen LogP contribution in [0.4, 0.5) is 0 Å². The normalized spacial score (nSPS) is 25.4. The largest absolute Gasteiger partial charge is 0.480 e. The Hall–Kier alpha value is -1.36. The first-order valence-corrected chi connectivity index (χ1v) is 7.96. The molecular formula is C16H20BrNO3. The highest BCUT2D eigenvalue weighted by Crippen LogP contribution is 2.33. The lowest BCUT2D eigenvalue weighted by atomic mass is 9.76. The highest BCUT2D eigenvalue weighted by molar-refractivity contribution is 9.10. The molecule has 1 saturated carbocycles.